The molecule has 0 saturated carbocycles. The van der Waals surface area contributed by atoms with Gasteiger partial charge in [0.05, 0.1) is 0 Å². The van der Waals surface area contributed by atoms with Crippen molar-refractivity contribution < 1.29 is 19.8 Å². The fourth-order valence-electron chi connectivity index (χ4n) is 1.87. The van der Waals surface area contributed by atoms with Gasteiger partial charge in [-0.15, -0.1) is 29.8 Å². The number of hydrogen-bond donors (Lipinski definition) is 0. The molecule has 0 saturated heterocycles. The van der Waals surface area contributed by atoms with Gasteiger partial charge >= 0.3 is 19.8 Å². The third kappa shape index (κ3) is 3.03. The third-order valence-corrected chi connectivity index (χ3v) is 2.77. The summed E-state index contributed by atoms with van der Waals surface area (Å²) in [6, 6.07) is 15.4. The number of pyridine rings is 1. The zero-order valence-corrected chi connectivity index (χ0v) is 13.0. The molecular formula is C15H13N3Os. The zero-order valence-electron chi connectivity index (χ0n) is 10.5. The maximum absolute atomic E-state index is 4.34. The van der Waals surface area contributed by atoms with Gasteiger partial charge in [0.25, 0.3) is 0 Å². The summed E-state index contributed by atoms with van der Waals surface area (Å²) in [5, 5.41) is 0. The summed E-state index contributed by atoms with van der Waals surface area (Å²) in [7, 11) is 2.00. The summed E-state index contributed by atoms with van der Waals surface area (Å²) < 4.78 is 0. The van der Waals surface area contributed by atoms with Gasteiger partial charge in [0.15, 0.2) is 0 Å². The van der Waals surface area contributed by atoms with Gasteiger partial charge in [-0.2, -0.15) is 6.67 Å². The van der Waals surface area contributed by atoms with Gasteiger partial charge in [-0.3, -0.25) is 0 Å². The van der Waals surface area contributed by atoms with Crippen molar-refractivity contribution in [2.45, 2.75) is 0 Å². The van der Waals surface area contributed by atoms with E-state index in [9.17, 15) is 0 Å². The summed E-state index contributed by atoms with van der Waals surface area (Å²) in [6.07, 6.45) is 5.81. The van der Waals surface area contributed by atoms with Gasteiger partial charge in [0, 0.05) is 6.20 Å². The Balaban J connectivity index is 0.00000133. The Bertz CT molecular complexity index is 569. The molecule has 0 unspecified atom stereocenters. The fraction of sp³-hybridized carbons (Fsp3) is 0.0667. The van der Waals surface area contributed by atoms with Gasteiger partial charge < -0.3 is 14.8 Å². The van der Waals surface area contributed by atoms with Crippen molar-refractivity contribution in [3.8, 4) is 11.3 Å². The number of aromatic nitrogens is 1. The molecule has 0 radical (unpaired) electrons. The van der Waals surface area contributed by atoms with Gasteiger partial charge in [0.2, 0.25) is 0 Å². The molecule has 0 N–H and O–H groups in total. The minimum Gasteiger partial charge on any atom is -0.510 e. The van der Waals surface area contributed by atoms with Crippen LogP contribution in [0.3, 0.4) is 0 Å². The van der Waals surface area contributed by atoms with Gasteiger partial charge in [-0.25, -0.2) is 0 Å². The van der Waals surface area contributed by atoms with E-state index in [1.54, 1.807) is 6.20 Å². The van der Waals surface area contributed by atoms with Crippen molar-refractivity contribution >= 4 is 5.69 Å². The van der Waals surface area contributed by atoms with Crippen molar-refractivity contribution in [2.24, 2.45) is 0 Å². The first kappa shape index (κ1) is 13.8. The van der Waals surface area contributed by atoms with Gasteiger partial charge in [-0.1, -0.05) is 17.8 Å². The number of nitrogens with zero attached hydrogens (tertiary/aromatic N) is 3. The molecule has 1 aromatic carbocycles. The molecule has 1 aliphatic rings. The van der Waals surface area contributed by atoms with Crippen molar-refractivity contribution in [3.63, 3.8) is 0 Å². The van der Waals surface area contributed by atoms with Crippen LogP contribution in [0.4, 0.5) is 5.69 Å². The van der Waals surface area contributed by atoms with Gasteiger partial charge in [0.1, 0.15) is 0 Å². The van der Waals surface area contributed by atoms with E-state index in [0.717, 1.165) is 16.9 Å². The Morgan fingerprint density at radius 1 is 1.11 bits per heavy atom. The summed E-state index contributed by atoms with van der Waals surface area (Å²) >= 11 is 0. The molecule has 96 valence electrons. The van der Waals surface area contributed by atoms with Crippen LogP contribution in [0.1, 0.15) is 0 Å². The van der Waals surface area contributed by atoms with Gasteiger partial charge in [-0.05, 0) is 31.2 Å². The van der Waals surface area contributed by atoms with E-state index < -0.39 is 0 Å². The summed E-state index contributed by atoms with van der Waals surface area (Å²) in [6.45, 7) is 2.01. The molecule has 0 bridgehead atoms. The van der Waals surface area contributed by atoms with Crippen molar-refractivity contribution in [2.75, 3.05) is 11.9 Å². The average Bonchev–Trinajstić information content (AvgIpc) is 2.87. The first-order chi connectivity index (χ1) is 8.83. The SMILES string of the molecule is CN1C=CN(c2[c-]c(-c3ccccn3)ccc2)[CH-]1.[Os+2]. The second-order valence-electron chi connectivity index (χ2n) is 4.15. The fourth-order valence-corrected chi connectivity index (χ4v) is 1.87. The number of anilines is 1. The Morgan fingerprint density at radius 3 is 2.68 bits per heavy atom. The Hall–Kier alpha value is -1.65. The maximum Gasteiger partial charge on any atom is 2.00 e. The van der Waals surface area contributed by atoms with E-state index >= 15 is 0 Å². The van der Waals surface area contributed by atoms with E-state index in [2.05, 4.69) is 11.1 Å². The quantitative estimate of drug-likeness (QED) is 0.690. The van der Waals surface area contributed by atoms with E-state index in [4.69, 9.17) is 0 Å². The molecule has 1 aromatic heterocycles. The molecule has 0 atom stereocenters. The molecule has 4 heteroatoms. The molecule has 0 spiro atoms. The second kappa shape index (κ2) is 5.99. The summed E-state index contributed by atoms with van der Waals surface area (Å²) in [5.74, 6) is 0. The van der Waals surface area contributed by atoms with Crippen LogP contribution >= 0.6 is 0 Å². The largest absolute Gasteiger partial charge is 2.00 e. The molecule has 2 aromatic rings. The van der Waals surface area contributed by atoms with Crippen molar-refractivity contribution in [1.29, 1.82) is 0 Å². The number of benzene rings is 1. The molecular weight excluding hydrogens is 412 g/mol. The topological polar surface area (TPSA) is 19.4 Å². The smallest absolute Gasteiger partial charge is 0.510 e. The summed E-state index contributed by atoms with van der Waals surface area (Å²) in [4.78, 5) is 8.38. The first-order valence-electron chi connectivity index (χ1n) is 5.80. The Morgan fingerprint density at radius 2 is 2.00 bits per heavy atom. The minimum atomic E-state index is 0. The van der Waals surface area contributed by atoms with Crippen LogP contribution in [-0.4, -0.2) is 16.9 Å². The van der Waals surface area contributed by atoms with E-state index in [0.29, 0.717) is 0 Å². The molecule has 0 amide bonds. The normalized spacial score (nSPS) is 13.5. The maximum atomic E-state index is 4.34. The third-order valence-electron chi connectivity index (χ3n) is 2.77. The molecule has 19 heavy (non-hydrogen) atoms. The Labute approximate surface area is 126 Å². The van der Waals surface area contributed by atoms with E-state index in [1.165, 1.54) is 0 Å². The van der Waals surface area contributed by atoms with Crippen LogP contribution in [0.15, 0.2) is 55.0 Å². The summed E-state index contributed by atoms with van der Waals surface area (Å²) in [5.41, 5.74) is 2.96. The van der Waals surface area contributed by atoms with Crippen LogP contribution in [0.5, 0.6) is 0 Å². The van der Waals surface area contributed by atoms with Crippen molar-refractivity contribution in [3.05, 3.63) is 67.7 Å². The average molecular weight is 426 g/mol. The molecule has 0 fully saturated rings. The van der Waals surface area contributed by atoms with Crippen LogP contribution in [0.2, 0.25) is 0 Å². The minimum absolute atomic E-state index is 0. The van der Waals surface area contributed by atoms with E-state index in [-0.39, 0.29) is 19.8 Å². The van der Waals surface area contributed by atoms with Crippen LogP contribution in [0.25, 0.3) is 11.3 Å². The second-order valence-corrected chi connectivity index (χ2v) is 4.15. The molecule has 1 aliphatic heterocycles. The zero-order chi connectivity index (χ0) is 12.4. The molecule has 2 heterocycles. The Kier molecular flexibility index (Phi) is 4.34. The number of hydrogen-bond acceptors (Lipinski definition) is 3. The van der Waals surface area contributed by atoms with Crippen LogP contribution < -0.4 is 4.90 Å². The molecule has 3 rings (SSSR count). The molecule has 3 nitrogen and oxygen atoms in total. The molecule has 0 aliphatic carbocycles. The number of rotatable bonds is 2. The predicted molar refractivity (Wildman–Crippen MR) is 72.2 cm³/mol. The first-order valence-corrected chi connectivity index (χ1v) is 5.80. The van der Waals surface area contributed by atoms with E-state index in [1.807, 2.05) is 72.3 Å². The predicted octanol–water partition coefficient (Wildman–Crippen LogP) is 2.89. The standard InChI is InChI=1S/C15H13N3.Os/c1-17-9-10-18(12-17)14-6-4-5-13(11-14)15-7-2-3-8-16-15;/h2-10,12H,1H3;/q-2;+2. The van der Waals surface area contributed by atoms with Crippen molar-refractivity contribution in [1.82, 2.24) is 9.88 Å². The van der Waals surface area contributed by atoms with Crippen LogP contribution in [0, 0.1) is 12.7 Å². The van der Waals surface area contributed by atoms with Crippen LogP contribution in [-0.2, 0) is 19.8 Å². The monoisotopic (exact) mass is 427 g/mol.